The highest BCUT2D eigenvalue weighted by Gasteiger charge is 2.16. The summed E-state index contributed by atoms with van der Waals surface area (Å²) in [6, 6.07) is 5.49. The van der Waals surface area contributed by atoms with Gasteiger partial charge in [0.1, 0.15) is 0 Å². The molecule has 3 nitrogen and oxygen atoms in total. The second-order valence-corrected chi connectivity index (χ2v) is 3.89. The zero-order valence-electron chi connectivity index (χ0n) is 9.58. The Morgan fingerprint density at radius 3 is 2.94 bits per heavy atom. The van der Waals surface area contributed by atoms with Gasteiger partial charge in [0.05, 0.1) is 7.11 Å². The van der Waals surface area contributed by atoms with Gasteiger partial charge in [0.15, 0.2) is 5.78 Å². The first-order valence-corrected chi connectivity index (χ1v) is 5.47. The van der Waals surface area contributed by atoms with Crippen LogP contribution in [0.25, 0.3) is 0 Å². The first-order chi connectivity index (χ1) is 8.20. The Morgan fingerprint density at radius 1 is 1.35 bits per heavy atom. The Hall–Kier alpha value is -2.08. The topological polar surface area (TPSA) is 43.4 Å². The molecule has 1 aliphatic rings. The molecule has 1 aromatic rings. The Labute approximate surface area is 99.8 Å². The average molecular weight is 228 g/mol. The van der Waals surface area contributed by atoms with E-state index >= 15 is 0 Å². The largest absolute Gasteiger partial charge is 0.459 e. The van der Waals surface area contributed by atoms with Crippen molar-refractivity contribution in [2.45, 2.75) is 19.3 Å². The van der Waals surface area contributed by atoms with Gasteiger partial charge in [-0.1, -0.05) is 12.0 Å². The fourth-order valence-corrected chi connectivity index (χ4v) is 1.88. The molecule has 2 rings (SSSR count). The predicted molar refractivity (Wildman–Crippen MR) is 62.6 cm³/mol. The molecule has 0 saturated carbocycles. The van der Waals surface area contributed by atoms with E-state index in [-0.39, 0.29) is 5.78 Å². The summed E-state index contributed by atoms with van der Waals surface area (Å²) in [7, 11) is 1.29. The lowest BCUT2D eigenvalue weighted by molar-refractivity contribution is -0.133. The van der Waals surface area contributed by atoms with Crippen molar-refractivity contribution >= 4 is 11.8 Å². The Kier molecular flexibility index (Phi) is 3.24. The van der Waals surface area contributed by atoms with Gasteiger partial charge >= 0.3 is 5.97 Å². The van der Waals surface area contributed by atoms with Crippen LogP contribution in [0.2, 0.25) is 0 Å². The van der Waals surface area contributed by atoms with Crippen LogP contribution in [-0.4, -0.2) is 18.9 Å². The van der Waals surface area contributed by atoms with E-state index in [9.17, 15) is 9.59 Å². The maximum Gasteiger partial charge on any atom is 0.384 e. The van der Waals surface area contributed by atoms with E-state index in [1.807, 2.05) is 12.1 Å². The van der Waals surface area contributed by atoms with Crippen molar-refractivity contribution in [1.82, 2.24) is 0 Å². The van der Waals surface area contributed by atoms with Gasteiger partial charge in [-0.05, 0) is 30.5 Å². The summed E-state index contributed by atoms with van der Waals surface area (Å²) in [5.41, 5.74) is 2.49. The van der Waals surface area contributed by atoms with Crippen molar-refractivity contribution in [3.63, 3.8) is 0 Å². The quantitative estimate of drug-likeness (QED) is 0.501. The van der Waals surface area contributed by atoms with Gasteiger partial charge in [-0.2, -0.15) is 0 Å². The smallest absolute Gasteiger partial charge is 0.384 e. The van der Waals surface area contributed by atoms with Crippen LogP contribution in [0, 0.1) is 11.8 Å². The maximum absolute atomic E-state index is 11.7. The highest BCUT2D eigenvalue weighted by Crippen LogP contribution is 2.21. The van der Waals surface area contributed by atoms with Crippen molar-refractivity contribution in [1.29, 1.82) is 0 Å². The second-order valence-electron chi connectivity index (χ2n) is 3.89. The Balaban J connectivity index is 2.32. The molecule has 0 radical (unpaired) electrons. The fraction of sp³-hybridized carbons (Fsp3) is 0.286. The summed E-state index contributed by atoms with van der Waals surface area (Å²) < 4.78 is 4.43. The van der Waals surface area contributed by atoms with Crippen LogP contribution in [0.1, 0.15) is 34.3 Å². The number of Topliss-reactive ketones (excluding diaryl/α,β-unsaturated/α-hetero) is 1. The zero-order valence-corrected chi connectivity index (χ0v) is 9.58. The van der Waals surface area contributed by atoms with Crippen molar-refractivity contribution in [3.05, 3.63) is 34.9 Å². The van der Waals surface area contributed by atoms with Gasteiger partial charge in [0.2, 0.25) is 0 Å². The lowest BCUT2D eigenvalue weighted by Gasteiger charge is -2.14. The summed E-state index contributed by atoms with van der Waals surface area (Å²) >= 11 is 0. The Morgan fingerprint density at radius 2 is 2.18 bits per heavy atom. The molecule has 0 atom stereocenters. The molecule has 0 aromatic heterocycles. The number of aryl methyl sites for hydroxylation is 1. The van der Waals surface area contributed by atoms with Crippen LogP contribution in [0.15, 0.2) is 18.2 Å². The molecule has 0 fully saturated rings. The number of hydrogen-bond donors (Lipinski definition) is 0. The molecule has 0 amide bonds. The third-order valence-electron chi connectivity index (χ3n) is 2.75. The number of esters is 1. The second kappa shape index (κ2) is 4.84. The highest BCUT2D eigenvalue weighted by molar-refractivity contribution is 5.99. The minimum Gasteiger partial charge on any atom is -0.459 e. The number of carbonyl (C=O) groups is 2. The standard InChI is InChI=1S/C14H12O3/c1-17-14(16)8-6-10-5-7-11-3-2-4-13(15)12(11)9-10/h5,7,9H,2-4H2,1H3. The molecule has 1 aliphatic carbocycles. The van der Waals surface area contributed by atoms with Gasteiger partial charge in [-0.15, -0.1) is 0 Å². The summed E-state index contributed by atoms with van der Waals surface area (Å²) in [5, 5.41) is 0. The van der Waals surface area contributed by atoms with Crippen molar-refractivity contribution < 1.29 is 14.3 Å². The monoisotopic (exact) mass is 228 g/mol. The lowest BCUT2D eigenvalue weighted by atomic mass is 9.89. The van der Waals surface area contributed by atoms with Crippen LogP contribution in [0.3, 0.4) is 0 Å². The first-order valence-electron chi connectivity index (χ1n) is 5.47. The number of hydrogen-bond acceptors (Lipinski definition) is 3. The molecule has 17 heavy (non-hydrogen) atoms. The SMILES string of the molecule is COC(=O)C#Cc1ccc2c(c1)C(=O)CCC2. The van der Waals surface area contributed by atoms with Crippen molar-refractivity contribution in [3.8, 4) is 11.8 Å². The van der Waals surface area contributed by atoms with Gasteiger partial charge < -0.3 is 4.74 Å². The van der Waals surface area contributed by atoms with E-state index < -0.39 is 5.97 Å². The first kappa shape index (κ1) is 11.4. The predicted octanol–water partition coefficient (Wildman–Crippen LogP) is 1.73. The number of ketones is 1. The van der Waals surface area contributed by atoms with Crippen LogP contribution in [0.5, 0.6) is 0 Å². The zero-order chi connectivity index (χ0) is 12.3. The molecule has 0 unspecified atom stereocenters. The summed E-state index contributed by atoms with van der Waals surface area (Å²) in [6.07, 6.45) is 2.45. The number of carbonyl (C=O) groups excluding carboxylic acids is 2. The number of benzene rings is 1. The highest BCUT2D eigenvalue weighted by atomic mass is 16.5. The summed E-state index contributed by atoms with van der Waals surface area (Å²) in [4.78, 5) is 22.6. The molecule has 3 heteroatoms. The average Bonchev–Trinajstić information content (AvgIpc) is 2.36. The van der Waals surface area contributed by atoms with E-state index in [1.165, 1.54) is 7.11 Å². The van der Waals surface area contributed by atoms with E-state index in [2.05, 4.69) is 16.6 Å². The fourth-order valence-electron chi connectivity index (χ4n) is 1.88. The molecule has 0 spiro atoms. The molecule has 0 heterocycles. The minimum atomic E-state index is -0.575. The van der Waals surface area contributed by atoms with Crippen molar-refractivity contribution in [2.75, 3.05) is 7.11 Å². The number of methoxy groups -OCH3 is 1. The van der Waals surface area contributed by atoms with Crippen molar-refractivity contribution in [2.24, 2.45) is 0 Å². The lowest BCUT2D eigenvalue weighted by Crippen LogP contribution is -2.10. The van der Waals surface area contributed by atoms with Crippen LogP contribution in [0.4, 0.5) is 0 Å². The molecule has 0 saturated heterocycles. The van der Waals surface area contributed by atoms with E-state index in [0.717, 1.165) is 24.0 Å². The molecule has 86 valence electrons. The van der Waals surface area contributed by atoms with Gasteiger partial charge in [-0.3, -0.25) is 4.79 Å². The molecular formula is C14H12O3. The number of ether oxygens (including phenoxy) is 1. The third kappa shape index (κ3) is 2.54. The van der Waals surface area contributed by atoms with Gasteiger partial charge in [0.25, 0.3) is 0 Å². The third-order valence-corrected chi connectivity index (χ3v) is 2.75. The van der Waals surface area contributed by atoms with Crippen LogP contribution in [-0.2, 0) is 16.0 Å². The van der Waals surface area contributed by atoms with E-state index in [0.29, 0.717) is 12.0 Å². The molecule has 0 aliphatic heterocycles. The molecule has 0 N–H and O–H groups in total. The molecular weight excluding hydrogens is 216 g/mol. The van der Waals surface area contributed by atoms with Gasteiger partial charge in [-0.25, -0.2) is 4.79 Å². The van der Waals surface area contributed by atoms with Gasteiger partial charge in [0, 0.05) is 23.5 Å². The van der Waals surface area contributed by atoms with Crippen LogP contribution >= 0.6 is 0 Å². The normalized spacial score (nSPS) is 13.4. The summed E-state index contributed by atoms with van der Waals surface area (Å²) in [5.74, 6) is 4.62. The molecule has 1 aromatic carbocycles. The Bertz CT molecular complexity index is 532. The van der Waals surface area contributed by atoms with E-state index in [1.54, 1.807) is 6.07 Å². The number of rotatable bonds is 0. The van der Waals surface area contributed by atoms with Crippen LogP contribution < -0.4 is 0 Å². The minimum absolute atomic E-state index is 0.160. The molecule has 0 bridgehead atoms. The summed E-state index contributed by atoms with van der Waals surface area (Å²) in [6.45, 7) is 0. The van der Waals surface area contributed by atoms with E-state index in [4.69, 9.17) is 0 Å². The maximum atomic E-state index is 11.7. The number of fused-ring (bicyclic) bond motifs is 1.